The number of hydrogen-bond donors (Lipinski definition) is 2. The Kier molecular flexibility index (Phi) is 3.35. The second-order valence-electron chi connectivity index (χ2n) is 4.87. The molecular formula is C15H16N4O2. The van der Waals surface area contributed by atoms with Crippen molar-refractivity contribution in [3.63, 3.8) is 0 Å². The van der Waals surface area contributed by atoms with Crippen LogP contribution in [0.5, 0.6) is 0 Å². The van der Waals surface area contributed by atoms with Crippen LogP contribution in [0.15, 0.2) is 40.9 Å². The lowest BCUT2D eigenvalue weighted by molar-refractivity contribution is 0.0945. The van der Waals surface area contributed by atoms with Crippen molar-refractivity contribution in [2.75, 3.05) is 0 Å². The third-order valence-corrected chi connectivity index (χ3v) is 3.30. The molecule has 3 aromatic heterocycles. The van der Waals surface area contributed by atoms with E-state index in [-0.39, 0.29) is 5.91 Å². The Bertz CT molecular complexity index is 766. The molecule has 108 valence electrons. The highest BCUT2D eigenvalue weighted by Gasteiger charge is 2.13. The molecule has 1 amide bonds. The van der Waals surface area contributed by atoms with E-state index in [2.05, 4.69) is 15.5 Å². The molecule has 3 rings (SSSR count). The molecule has 0 radical (unpaired) electrons. The summed E-state index contributed by atoms with van der Waals surface area (Å²) in [5.41, 5.74) is 2.06. The van der Waals surface area contributed by atoms with Gasteiger partial charge in [0.2, 0.25) is 0 Å². The quantitative estimate of drug-likeness (QED) is 0.771. The van der Waals surface area contributed by atoms with Crippen LogP contribution in [-0.2, 0) is 13.6 Å². The van der Waals surface area contributed by atoms with Gasteiger partial charge in [0.15, 0.2) is 11.5 Å². The van der Waals surface area contributed by atoms with Crippen LogP contribution in [0, 0.1) is 6.92 Å². The zero-order chi connectivity index (χ0) is 14.8. The van der Waals surface area contributed by atoms with Gasteiger partial charge in [-0.2, -0.15) is 5.10 Å². The van der Waals surface area contributed by atoms with Gasteiger partial charge in [-0.05, 0) is 31.2 Å². The summed E-state index contributed by atoms with van der Waals surface area (Å²) in [4.78, 5) is 12.1. The van der Waals surface area contributed by atoms with Gasteiger partial charge in [0, 0.05) is 25.0 Å². The smallest absolute Gasteiger partial charge is 0.272 e. The first-order valence-corrected chi connectivity index (χ1v) is 6.64. The highest BCUT2D eigenvalue weighted by Crippen LogP contribution is 2.20. The topological polar surface area (TPSA) is 75.8 Å². The normalized spacial score (nSPS) is 10.8. The molecule has 3 heterocycles. The van der Waals surface area contributed by atoms with Crippen LogP contribution in [0.3, 0.4) is 0 Å². The number of H-pyrrole nitrogens is 1. The molecule has 2 N–H and O–H groups in total. The van der Waals surface area contributed by atoms with Gasteiger partial charge < -0.3 is 14.3 Å². The molecular weight excluding hydrogens is 268 g/mol. The fourth-order valence-electron chi connectivity index (χ4n) is 2.09. The van der Waals surface area contributed by atoms with E-state index >= 15 is 0 Å². The first-order chi connectivity index (χ1) is 10.1. The fourth-order valence-corrected chi connectivity index (χ4v) is 2.09. The molecule has 6 heteroatoms. The van der Waals surface area contributed by atoms with Gasteiger partial charge >= 0.3 is 0 Å². The molecule has 0 atom stereocenters. The number of carbonyl (C=O) groups excluding carboxylic acids is 1. The maximum atomic E-state index is 12.1. The summed E-state index contributed by atoms with van der Waals surface area (Å²) in [6.45, 7) is 2.33. The van der Waals surface area contributed by atoms with E-state index in [0.29, 0.717) is 23.7 Å². The van der Waals surface area contributed by atoms with Crippen molar-refractivity contribution < 1.29 is 9.21 Å². The molecule has 0 saturated carbocycles. The number of aromatic amines is 1. The zero-order valence-corrected chi connectivity index (χ0v) is 11.9. The number of aromatic nitrogens is 3. The summed E-state index contributed by atoms with van der Waals surface area (Å²) in [6, 6.07) is 9.29. The lowest BCUT2D eigenvalue weighted by atomic mass is 10.3. The van der Waals surface area contributed by atoms with E-state index in [1.54, 1.807) is 6.07 Å². The number of furan rings is 1. The van der Waals surface area contributed by atoms with E-state index < -0.39 is 0 Å². The number of carbonyl (C=O) groups is 1. The summed E-state index contributed by atoms with van der Waals surface area (Å²) >= 11 is 0. The molecule has 0 unspecified atom stereocenters. The van der Waals surface area contributed by atoms with Crippen LogP contribution in [0.2, 0.25) is 0 Å². The van der Waals surface area contributed by atoms with Crippen molar-refractivity contribution >= 4 is 5.91 Å². The van der Waals surface area contributed by atoms with E-state index in [9.17, 15) is 4.79 Å². The van der Waals surface area contributed by atoms with Gasteiger partial charge in [-0.3, -0.25) is 9.89 Å². The summed E-state index contributed by atoms with van der Waals surface area (Å²) in [5, 5.41) is 9.67. The summed E-state index contributed by atoms with van der Waals surface area (Å²) in [7, 11) is 1.94. The molecule has 6 nitrogen and oxygen atoms in total. The Hall–Kier alpha value is -2.76. The van der Waals surface area contributed by atoms with Crippen LogP contribution < -0.4 is 5.32 Å². The van der Waals surface area contributed by atoms with Crippen LogP contribution in [-0.4, -0.2) is 20.7 Å². The highest BCUT2D eigenvalue weighted by atomic mass is 16.3. The van der Waals surface area contributed by atoms with Gasteiger partial charge in [0.25, 0.3) is 5.91 Å². The van der Waals surface area contributed by atoms with E-state index in [1.807, 2.05) is 49.0 Å². The predicted molar refractivity (Wildman–Crippen MR) is 77.6 cm³/mol. The van der Waals surface area contributed by atoms with E-state index in [1.165, 1.54) is 0 Å². The van der Waals surface area contributed by atoms with Crippen LogP contribution >= 0.6 is 0 Å². The fraction of sp³-hybridized carbons (Fsp3) is 0.200. The molecule has 0 aliphatic heterocycles. The van der Waals surface area contributed by atoms with Crippen LogP contribution in [0.1, 0.15) is 21.9 Å². The predicted octanol–water partition coefficient (Wildman–Crippen LogP) is 2.25. The molecule has 21 heavy (non-hydrogen) atoms. The molecule has 0 aliphatic rings. The molecule has 0 spiro atoms. The van der Waals surface area contributed by atoms with E-state index in [0.717, 1.165) is 11.5 Å². The monoisotopic (exact) mass is 284 g/mol. The average molecular weight is 284 g/mol. The Balaban J connectivity index is 1.68. The van der Waals surface area contributed by atoms with Crippen molar-refractivity contribution in [1.82, 2.24) is 20.1 Å². The number of hydrogen-bond acceptors (Lipinski definition) is 3. The first kappa shape index (κ1) is 13.2. The molecule has 0 saturated heterocycles. The van der Waals surface area contributed by atoms with Crippen molar-refractivity contribution in [1.29, 1.82) is 0 Å². The Morgan fingerprint density at radius 3 is 2.95 bits per heavy atom. The van der Waals surface area contributed by atoms with Gasteiger partial charge in [-0.1, -0.05) is 0 Å². The lowest BCUT2D eigenvalue weighted by Gasteiger charge is -2.04. The van der Waals surface area contributed by atoms with Gasteiger partial charge in [-0.15, -0.1) is 0 Å². The summed E-state index contributed by atoms with van der Waals surface area (Å²) < 4.78 is 7.45. The minimum Gasteiger partial charge on any atom is -0.460 e. The average Bonchev–Trinajstić information content (AvgIpc) is 3.16. The zero-order valence-electron chi connectivity index (χ0n) is 11.9. The van der Waals surface area contributed by atoms with Gasteiger partial charge in [0.1, 0.15) is 11.5 Å². The summed E-state index contributed by atoms with van der Waals surface area (Å²) in [5.74, 6) is 1.26. The van der Waals surface area contributed by atoms with Crippen molar-refractivity contribution in [2.45, 2.75) is 13.5 Å². The van der Waals surface area contributed by atoms with Crippen LogP contribution in [0.4, 0.5) is 0 Å². The van der Waals surface area contributed by atoms with Gasteiger partial charge in [0.05, 0.1) is 6.54 Å². The Morgan fingerprint density at radius 2 is 2.29 bits per heavy atom. The second-order valence-corrected chi connectivity index (χ2v) is 4.87. The molecule has 0 aromatic carbocycles. The van der Waals surface area contributed by atoms with E-state index in [4.69, 9.17) is 4.42 Å². The number of nitrogens with zero attached hydrogens (tertiary/aromatic N) is 2. The van der Waals surface area contributed by atoms with Crippen molar-refractivity contribution in [2.24, 2.45) is 7.05 Å². The van der Waals surface area contributed by atoms with Crippen molar-refractivity contribution in [3.05, 3.63) is 53.7 Å². The lowest BCUT2D eigenvalue weighted by Crippen LogP contribution is -2.24. The number of nitrogens with one attached hydrogen (secondary N) is 2. The number of amides is 1. The standard InChI is InChI=1S/C15H16N4O2/c1-10-5-6-14(21-10)12-8-13(18-17-12)15(20)16-9-11-4-3-7-19(11)2/h3-8H,9H2,1-2H3,(H,16,20)(H,17,18). The Labute approximate surface area is 121 Å². The SMILES string of the molecule is Cc1ccc(-c2cc(C(=O)NCc3cccn3C)n[nH]2)o1. The minimum atomic E-state index is -0.220. The van der Waals surface area contributed by atoms with Crippen molar-refractivity contribution in [3.8, 4) is 11.5 Å². The molecule has 0 aliphatic carbocycles. The van der Waals surface area contributed by atoms with Gasteiger partial charge in [-0.25, -0.2) is 0 Å². The number of rotatable bonds is 4. The second kappa shape index (κ2) is 5.32. The molecule has 0 fully saturated rings. The van der Waals surface area contributed by atoms with Crippen LogP contribution in [0.25, 0.3) is 11.5 Å². The first-order valence-electron chi connectivity index (χ1n) is 6.64. The maximum Gasteiger partial charge on any atom is 0.272 e. The summed E-state index contributed by atoms with van der Waals surface area (Å²) in [6.07, 6.45) is 1.94. The highest BCUT2D eigenvalue weighted by molar-refractivity contribution is 5.93. The largest absolute Gasteiger partial charge is 0.460 e. The molecule has 3 aromatic rings. The Morgan fingerprint density at radius 1 is 1.43 bits per heavy atom. The maximum absolute atomic E-state index is 12.1. The number of aryl methyl sites for hydroxylation is 2. The third-order valence-electron chi connectivity index (χ3n) is 3.30. The molecule has 0 bridgehead atoms. The minimum absolute atomic E-state index is 0.220. The third kappa shape index (κ3) is 2.74.